The first kappa shape index (κ1) is 8.55. The first-order valence-corrected chi connectivity index (χ1v) is 4.27. The lowest BCUT2D eigenvalue weighted by Crippen LogP contribution is -2.22. The second kappa shape index (κ2) is 3.73. The molecule has 0 bridgehead atoms. The van der Waals surface area contributed by atoms with E-state index in [1.54, 1.807) is 0 Å². The normalized spacial score (nSPS) is 26.9. The second-order valence-corrected chi connectivity index (χ2v) is 3.45. The summed E-state index contributed by atoms with van der Waals surface area (Å²) in [7, 11) is 0. The van der Waals surface area contributed by atoms with Crippen LogP contribution in [0.1, 0.15) is 26.7 Å². The number of nitriles is 1. The molecule has 1 aliphatic rings. The third kappa shape index (κ3) is 1.94. The van der Waals surface area contributed by atoms with Crippen molar-refractivity contribution in [1.82, 2.24) is 0 Å². The Morgan fingerprint density at radius 1 is 1.55 bits per heavy atom. The summed E-state index contributed by atoms with van der Waals surface area (Å²) in [6.07, 6.45) is 2.39. The van der Waals surface area contributed by atoms with Gasteiger partial charge in [0.15, 0.2) is 0 Å². The van der Waals surface area contributed by atoms with Gasteiger partial charge in [0.2, 0.25) is 0 Å². The maximum Gasteiger partial charge on any atom is 0.0748 e. The van der Waals surface area contributed by atoms with E-state index in [-0.39, 0.29) is 12.0 Å². The van der Waals surface area contributed by atoms with E-state index in [9.17, 15) is 0 Å². The van der Waals surface area contributed by atoms with Gasteiger partial charge in [0, 0.05) is 6.61 Å². The molecule has 2 nitrogen and oxygen atoms in total. The van der Waals surface area contributed by atoms with Gasteiger partial charge in [0.05, 0.1) is 18.1 Å². The molecule has 1 rings (SSSR count). The molecule has 2 atom stereocenters. The van der Waals surface area contributed by atoms with Crippen LogP contribution in [0, 0.1) is 23.2 Å². The maximum atomic E-state index is 8.83. The Balaban J connectivity index is 2.48. The van der Waals surface area contributed by atoms with Crippen molar-refractivity contribution >= 4 is 0 Å². The zero-order valence-corrected chi connectivity index (χ0v) is 7.21. The highest BCUT2D eigenvalue weighted by atomic mass is 16.5. The second-order valence-electron chi connectivity index (χ2n) is 3.45. The molecule has 0 radical (unpaired) electrons. The van der Waals surface area contributed by atoms with Crippen LogP contribution in [0.2, 0.25) is 0 Å². The van der Waals surface area contributed by atoms with Gasteiger partial charge >= 0.3 is 0 Å². The lowest BCUT2D eigenvalue weighted by molar-refractivity contribution is 0.0664. The first-order chi connectivity index (χ1) is 5.25. The molecule has 0 aromatic carbocycles. The summed E-state index contributed by atoms with van der Waals surface area (Å²) in [5.74, 6) is 0.514. The summed E-state index contributed by atoms with van der Waals surface area (Å²) in [6.45, 7) is 5.00. The number of hydrogen-bond acceptors (Lipinski definition) is 2. The topological polar surface area (TPSA) is 33.0 Å². The molecule has 1 heterocycles. The third-order valence-electron chi connectivity index (χ3n) is 2.23. The Bertz CT molecular complexity index is 153. The van der Waals surface area contributed by atoms with Gasteiger partial charge in [-0.1, -0.05) is 13.8 Å². The van der Waals surface area contributed by atoms with Crippen LogP contribution in [0.25, 0.3) is 0 Å². The molecule has 0 aliphatic carbocycles. The molecule has 0 spiro atoms. The van der Waals surface area contributed by atoms with Crippen molar-refractivity contribution in [2.75, 3.05) is 6.61 Å². The van der Waals surface area contributed by atoms with Gasteiger partial charge in [0.1, 0.15) is 0 Å². The minimum absolute atomic E-state index is 0.0949. The van der Waals surface area contributed by atoms with Crippen LogP contribution in [-0.2, 0) is 4.74 Å². The Kier molecular flexibility index (Phi) is 2.90. The lowest BCUT2D eigenvalue weighted by Gasteiger charge is -2.18. The van der Waals surface area contributed by atoms with E-state index in [0.717, 1.165) is 19.4 Å². The van der Waals surface area contributed by atoms with E-state index in [1.165, 1.54) is 0 Å². The molecule has 62 valence electrons. The molecule has 11 heavy (non-hydrogen) atoms. The zero-order chi connectivity index (χ0) is 8.27. The monoisotopic (exact) mass is 153 g/mol. The molecule has 0 aromatic rings. The summed E-state index contributed by atoms with van der Waals surface area (Å²) >= 11 is 0. The van der Waals surface area contributed by atoms with Crippen LogP contribution in [0.15, 0.2) is 0 Å². The van der Waals surface area contributed by atoms with Crippen LogP contribution in [0.4, 0.5) is 0 Å². The molecule has 2 unspecified atom stereocenters. The zero-order valence-electron chi connectivity index (χ0n) is 7.21. The van der Waals surface area contributed by atoms with Crippen LogP contribution < -0.4 is 0 Å². The number of hydrogen-bond donors (Lipinski definition) is 0. The number of nitrogens with zero attached hydrogens (tertiary/aromatic N) is 1. The lowest BCUT2D eigenvalue weighted by atomic mass is 9.90. The van der Waals surface area contributed by atoms with E-state index in [1.807, 2.05) is 0 Å². The highest BCUT2D eigenvalue weighted by molar-refractivity contribution is 4.92. The fraction of sp³-hybridized carbons (Fsp3) is 0.889. The highest BCUT2D eigenvalue weighted by Gasteiger charge is 2.27. The molecule has 0 saturated carbocycles. The van der Waals surface area contributed by atoms with Crippen molar-refractivity contribution in [2.24, 2.45) is 11.8 Å². The minimum Gasteiger partial charge on any atom is -0.377 e. The first-order valence-electron chi connectivity index (χ1n) is 4.27. The van der Waals surface area contributed by atoms with Crippen LogP contribution in [-0.4, -0.2) is 12.7 Å². The Labute approximate surface area is 68.2 Å². The average Bonchev–Trinajstić information content (AvgIpc) is 2.40. The summed E-state index contributed by atoms with van der Waals surface area (Å²) in [5, 5.41) is 8.83. The van der Waals surface area contributed by atoms with E-state index >= 15 is 0 Å². The van der Waals surface area contributed by atoms with E-state index in [0.29, 0.717) is 5.92 Å². The van der Waals surface area contributed by atoms with Gasteiger partial charge < -0.3 is 4.74 Å². The molecule has 0 amide bonds. The van der Waals surface area contributed by atoms with Crippen LogP contribution in [0.3, 0.4) is 0 Å². The quantitative estimate of drug-likeness (QED) is 0.607. The molecule has 2 heteroatoms. The van der Waals surface area contributed by atoms with Crippen LogP contribution in [0.5, 0.6) is 0 Å². The molecule has 0 N–H and O–H groups in total. The fourth-order valence-electron chi connectivity index (χ4n) is 1.55. The van der Waals surface area contributed by atoms with Gasteiger partial charge in [-0.3, -0.25) is 0 Å². The van der Waals surface area contributed by atoms with Gasteiger partial charge in [-0.15, -0.1) is 0 Å². The van der Waals surface area contributed by atoms with E-state index in [2.05, 4.69) is 19.9 Å². The molecule has 1 saturated heterocycles. The minimum atomic E-state index is 0.0949. The molecular weight excluding hydrogens is 138 g/mol. The average molecular weight is 153 g/mol. The summed E-state index contributed by atoms with van der Waals surface area (Å²) in [5.41, 5.74) is 0. The fourth-order valence-corrected chi connectivity index (χ4v) is 1.55. The summed E-state index contributed by atoms with van der Waals surface area (Å²) < 4.78 is 5.44. The van der Waals surface area contributed by atoms with Crippen molar-refractivity contribution in [3.8, 4) is 6.07 Å². The molecule has 0 aromatic heterocycles. The van der Waals surface area contributed by atoms with Gasteiger partial charge in [0.25, 0.3) is 0 Å². The Morgan fingerprint density at radius 2 is 2.27 bits per heavy atom. The standard InChI is InChI=1S/C9H15NO/c1-7(2)8(6-10)9-4-3-5-11-9/h7-9H,3-5H2,1-2H3. The van der Waals surface area contributed by atoms with E-state index in [4.69, 9.17) is 10.00 Å². The van der Waals surface area contributed by atoms with Gasteiger partial charge in [-0.25, -0.2) is 0 Å². The molecular formula is C9H15NO. The SMILES string of the molecule is CC(C)C(C#N)C1CCCO1. The maximum absolute atomic E-state index is 8.83. The van der Waals surface area contributed by atoms with Crippen molar-refractivity contribution < 1.29 is 4.74 Å². The summed E-state index contributed by atoms with van der Waals surface area (Å²) in [6, 6.07) is 2.32. The number of rotatable bonds is 2. The van der Waals surface area contributed by atoms with E-state index < -0.39 is 0 Å². The van der Waals surface area contributed by atoms with Crippen molar-refractivity contribution in [1.29, 1.82) is 5.26 Å². The Morgan fingerprint density at radius 3 is 2.64 bits per heavy atom. The predicted octanol–water partition coefficient (Wildman–Crippen LogP) is 1.96. The van der Waals surface area contributed by atoms with Crippen molar-refractivity contribution in [3.05, 3.63) is 0 Å². The third-order valence-corrected chi connectivity index (χ3v) is 2.23. The summed E-state index contributed by atoms with van der Waals surface area (Å²) in [4.78, 5) is 0. The van der Waals surface area contributed by atoms with Crippen molar-refractivity contribution in [3.63, 3.8) is 0 Å². The predicted molar refractivity (Wildman–Crippen MR) is 42.9 cm³/mol. The van der Waals surface area contributed by atoms with Crippen LogP contribution >= 0.6 is 0 Å². The highest BCUT2D eigenvalue weighted by Crippen LogP contribution is 2.25. The van der Waals surface area contributed by atoms with Gasteiger partial charge in [-0.2, -0.15) is 5.26 Å². The number of ether oxygens (including phenoxy) is 1. The largest absolute Gasteiger partial charge is 0.377 e. The Hall–Kier alpha value is -0.550. The molecule has 1 fully saturated rings. The molecule has 1 aliphatic heterocycles. The van der Waals surface area contributed by atoms with Crippen molar-refractivity contribution in [2.45, 2.75) is 32.8 Å². The smallest absolute Gasteiger partial charge is 0.0748 e. The van der Waals surface area contributed by atoms with Gasteiger partial charge in [-0.05, 0) is 18.8 Å².